The Labute approximate surface area is 133 Å². The van der Waals surface area contributed by atoms with Crippen molar-refractivity contribution in [2.45, 2.75) is 20.0 Å². The molecule has 0 spiro atoms. The Morgan fingerprint density at radius 1 is 1.26 bits per heavy atom. The molecule has 1 aromatic carbocycles. The Kier molecular flexibility index (Phi) is 5.30. The molecule has 1 aromatic heterocycles. The molecule has 0 aliphatic carbocycles. The predicted octanol–water partition coefficient (Wildman–Crippen LogP) is 0.669. The van der Waals surface area contributed by atoms with E-state index < -0.39 is 17.2 Å². The van der Waals surface area contributed by atoms with E-state index in [1.54, 1.807) is 0 Å². The highest BCUT2D eigenvalue weighted by Gasteiger charge is 2.10. The van der Waals surface area contributed by atoms with Gasteiger partial charge < -0.3 is 5.32 Å². The topological polar surface area (TPSA) is 73.1 Å². The van der Waals surface area contributed by atoms with Crippen LogP contribution in [0.5, 0.6) is 0 Å². The Bertz CT molecular complexity index is 833. The fraction of sp³-hybridized carbons (Fsp3) is 0.235. The van der Waals surface area contributed by atoms with Gasteiger partial charge in [0.1, 0.15) is 6.54 Å². The Morgan fingerprint density at radius 2 is 2.00 bits per heavy atom. The molecule has 120 valence electrons. The minimum absolute atomic E-state index is 0.290. The van der Waals surface area contributed by atoms with Crippen molar-refractivity contribution in [2.75, 3.05) is 6.54 Å². The van der Waals surface area contributed by atoms with Crippen LogP contribution in [0.4, 0.5) is 0 Å². The molecule has 0 radical (unpaired) electrons. The number of benzene rings is 1. The first-order valence-corrected chi connectivity index (χ1v) is 7.25. The quantitative estimate of drug-likeness (QED) is 0.797. The van der Waals surface area contributed by atoms with E-state index in [0.717, 1.165) is 15.7 Å². The van der Waals surface area contributed by atoms with E-state index in [4.69, 9.17) is 0 Å². The number of carbonyl (C=O) groups is 1. The predicted molar refractivity (Wildman–Crippen MR) is 88.4 cm³/mol. The molecular weight excluding hydrogens is 294 g/mol. The fourth-order valence-corrected chi connectivity index (χ4v) is 2.18. The minimum Gasteiger partial charge on any atom is -0.351 e. The van der Waals surface area contributed by atoms with E-state index in [-0.39, 0.29) is 13.1 Å². The van der Waals surface area contributed by atoms with Crippen molar-refractivity contribution < 1.29 is 4.79 Å². The SMILES string of the molecule is C=CCNC(=O)Cn1c(=O)ccn(Cc2ccccc2C)c1=O. The van der Waals surface area contributed by atoms with Crippen molar-refractivity contribution in [2.24, 2.45) is 0 Å². The van der Waals surface area contributed by atoms with Gasteiger partial charge in [-0.05, 0) is 18.1 Å². The summed E-state index contributed by atoms with van der Waals surface area (Å²) in [5.41, 5.74) is 1.04. The minimum atomic E-state index is -0.505. The van der Waals surface area contributed by atoms with E-state index in [1.807, 2.05) is 31.2 Å². The maximum absolute atomic E-state index is 12.4. The van der Waals surface area contributed by atoms with E-state index in [2.05, 4.69) is 11.9 Å². The first-order chi connectivity index (χ1) is 11.0. The van der Waals surface area contributed by atoms with Crippen LogP contribution in [-0.4, -0.2) is 21.6 Å². The fourth-order valence-electron chi connectivity index (χ4n) is 2.18. The van der Waals surface area contributed by atoms with Gasteiger partial charge in [0, 0.05) is 18.8 Å². The maximum Gasteiger partial charge on any atom is 0.331 e. The van der Waals surface area contributed by atoms with Gasteiger partial charge in [0.05, 0.1) is 6.54 Å². The summed E-state index contributed by atoms with van der Waals surface area (Å²) in [5, 5.41) is 2.55. The van der Waals surface area contributed by atoms with Crippen molar-refractivity contribution in [1.82, 2.24) is 14.5 Å². The first kappa shape index (κ1) is 16.5. The summed E-state index contributed by atoms with van der Waals surface area (Å²) >= 11 is 0. The second-order valence-corrected chi connectivity index (χ2v) is 5.17. The number of aromatic nitrogens is 2. The Balaban J connectivity index is 2.30. The number of hydrogen-bond acceptors (Lipinski definition) is 3. The number of amides is 1. The molecule has 0 atom stereocenters. The molecule has 0 fully saturated rings. The van der Waals surface area contributed by atoms with Crippen molar-refractivity contribution in [3.63, 3.8) is 0 Å². The molecule has 2 aromatic rings. The lowest BCUT2D eigenvalue weighted by Crippen LogP contribution is -2.43. The summed E-state index contributed by atoms with van der Waals surface area (Å²) in [5.74, 6) is -0.405. The van der Waals surface area contributed by atoms with Crippen LogP contribution in [0, 0.1) is 6.92 Å². The van der Waals surface area contributed by atoms with E-state index >= 15 is 0 Å². The van der Waals surface area contributed by atoms with Gasteiger partial charge in [-0.1, -0.05) is 30.3 Å². The molecule has 6 nitrogen and oxygen atoms in total. The smallest absolute Gasteiger partial charge is 0.331 e. The highest BCUT2D eigenvalue weighted by Crippen LogP contribution is 2.07. The summed E-state index contributed by atoms with van der Waals surface area (Å²) < 4.78 is 2.35. The monoisotopic (exact) mass is 313 g/mol. The van der Waals surface area contributed by atoms with Crippen molar-refractivity contribution in [3.05, 3.63) is 81.1 Å². The van der Waals surface area contributed by atoms with Crippen LogP contribution in [0.2, 0.25) is 0 Å². The lowest BCUT2D eigenvalue weighted by molar-refractivity contribution is -0.121. The number of rotatable bonds is 6. The summed E-state index contributed by atoms with van der Waals surface area (Å²) in [6, 6.07) is 8.99. The van der Waals surface area contributed by atoms with Crippen LogP contribution in [0.15, 0.2) is 58.8 Å². The molecular formula is C17H19N3O3. The Hall–Kier alpha value is -2.89. The van der Waals surface area contributed by atoms with Gasteiger partial charge in [0.2, 0.25) is 5.91 Å². The number of hydrogen-bond donors (Lipinski definition) is 1. The van der Waals surface area contributed by atoms with E-state index in [0.29, 0.717) is 6.54 Å². The van der Waals surface area contributed by atoms with Crippen LogP contribution in [0.3, 0.4) is 0 Å². The van der Waals surface area contributed by atoms with Crippen molar-refractivity contribution in [1.29, 1.82) is 0 Å². The average Bonchev–Trinajstić information content (AvgIpc) is 2.54. The zero-order valence-corrected chi connectivity index (χ0v) is 13.0. The van der Waals surface area contributed by atoms with Crippen LogP contribution in [0.1, 0.15) is 11.1 Å². The highest BCUT2D eigenvalue weighted by molar-refractivity contribution is 5.75. The Morgan fingerprint density at radius 3 is 2.70 bits per heavy atom. The molecule has 0 saturated carbocycles. The second-order valence-electron chi connectivity index (χ2n) is 5.17. The van der Waals surface area contributed by atoms with E-state index in [1.165, 1.54) is 22.9 Å². The molecule has 0 aliphatic rings. The molecule has 2 rings (SSSR count). The molecule has 0 unspecified atom stereocenters. The normalized spacial score (nSPS) is 10.3. The summed E-state index contributed by atoms with van der Waals surface area (Å²) in [6.45, 7) is 5.78. The first-order valence-electron chi connectivity index (χ1n) is 7.25. The number of aryl methyl sites for hydroxylation is 1. The molecule has 0 saturated heterocycles. The molecule has 6 heteroatoms. The number of nitrogens with zero attached hydrogens (tertiary/aromatic N) is 2. The van der Waals surface area contributed by atoms with Gasteiger partial charge in [-0.15, -0.1) is 6.58 Å². The molecule has 23 heavy (non-hydrogen) atoms. The third-order valence-electron chi connectivity index (χ3n) is 3.49. The molecule has 1 heterocycles. The van der Waals surface area contributed by atoms with E-state index in [9.17, 15) is 14.4 Å². The van der Waals surface area contributed by atoms with Crippen molar-refractivity contribution in [3.8, 4) is 0 Å². The second kappa shape index (κ2) is 7.40. The van der Waals surface area contributed by atoms with Crippen molar-refractivity contribution >= 4 is 5.91 Å². The lowest BCUT2D eigenvalue weighted by atomic mass is 10.1. The van der Waals surface area contributed by atoms with Crippen LogP contribution >= 0.6 is 0 Å². The summed E-state index contributed by atoms with van der Waals surface area (Å²) in [4.78, 5) is 36.0. The van der Waals surface area contributed by atoms with Gasteiger partial charge in [-0.2, -0.15) is 0 Å². The third kappa shape index (κ3) is 4.06. The zero-order valence-electron chi connectivity index (χ0n) is 13.0. The van der Waals surface area contributed by atoms with Gasteiger partial charge in [0.25, 0.3) is 5.56 Å². The van der Waals surface area contributed by atoms with Gasteiger partial charge in [-0.3, -0.25) is 18.7 Å². The summed E-state index contributed by atoms with van der Waals surface area (Å²) in [7, 11) is 0. The van der Waals surface area contributed by atoms with Gasteiger partial charge >= 0.3 is 5.69 Å². The van der Waals surface area contributed by atoms with Gasteiger partial charge in [0.15, 0.2) is 0 Å². The molecule has 0 aliphatic heterocycles. The van der Waals surface area contributed by atoms with Gasteiger partial charge in [-0.25, -0.2) is 4.79 Å². The largest absolute Gasteiger partial charge is 0.351 e. The standard InChI is InChI=1S/C17H19N3O3/c1-3-9-18-15(21)12-20-16(22)8-10-19(17(20)23)11-14-7-5-4-6-13(14)2/h3-8,10H,1,9,11-12H2,2H3,(H,18,21). The third-order valence-corrected chi connectivity index (χ3v) is 3.49. The van der Waals surface area contributed by atoms with Crippen LogP contribution in [0.25, 0.3) is 0 Å². The highest BCUT2D eigenvalue weighted by atomic mass is 16.2. The zero-order chi connectivity index (χ0) is 16.8. The number of nitrogens with one attached hydrogen (secondary N) is 1. The summed E-state index contributed by atoms with van der Waals surface area (Å²) in [6.07, 6.45) is 2.98. The molecule has 1 amide bonds. The number of carbonyl (C=O) groups excluding carboxylic acids is 1. The molecule has 0 bridgehead atoms. The van der Waals surface area contributed by atoms with Crippen LogP contribution in [-0.2, 0) is 17.9 Å². The lowest BCUT2D eigenvalue weighted by Gasteiger charge is -2.11. The average molecular weight is 313 g/mol. The van der Waals surface area contributed by atoms with Crippen LogP contribution < -0.4 is 16.6 Å². The maximum atomic E-state index is 12.4. The molecule has 1 N–H and O–H groups in total.